The van der Waals surface area contributed by atoms with E-state index in [-0.39, 0.29) is 12.0 Å². The molecule has 0 bridgehead atoms. The highest BCUT2D eigenvalue weighted by Gasteiger charge is 2.35. The van der Waals surface area contributed by atoms with Gasteiger partial charge in [0, 0.05) is 12.6 Å². The predicted octanol–water partition coefficient (Wildman–Crippen LogP) is 2.43. The third-order valence-corrected chi connectivity index (χ3v) is 4.28. The van der Waals surface area contributed by atoms with E-state index in [1.807, 2.05) is 6.92 Å². The predicted molar refractivity (Wildman–Crippen MR) is 82.8 cm³/mol. The zero-order valence-electron chi connectivity index (χ0n) is 13.9. The lowest BCUT2D eigenvalue weighted by atomic mass is 9.96. The van der Waals surface area contributed by atoms with Crippen molar-refractivity contribution in [2.24, 2.45) is 5.92 Å². The van der Waals surface area contributed by atoms with Crippen LogP contribution >= 0.6 is 0 Å². The standard InChI is InChI=1S/C16H32N2O2/c1-13(2)17-16(4,15(19)20-5)9-12-18-10-6-7-14(3)8-11-18/h13-14,17H,6-12H2,1-5H3. The fraction of sp³-hybridized carbons (Fsp3) is 0.938. The zero-order valence-corrected chi connectivity index (χ0v) is 13.9. The van der Waals surface area contributed by atoms with Crippen LogP contribution in [-0.2, 0) is 9.53 Å². The molecule has 118 valence electrons. The summed E-state index contributed by atoms with van der Waals surface area (Å²) in [6.45, 7) is 11.7. The molecule has 20 heavy (non-hydrogen) atoms. The van der Waals surface area contributed by atoms with Gasteiger partial charge in [-0.2, -0.15) is 0 Å². The van der Waals surface area contributed by atoms with Crippen LogP contribution in [0, 0.1) is 5.92 Å². The largest absolute Gasteiger partial charge is 0.468 e. The van der Waals surface area contributed by atoms with E-state index in [1.165, 1.54) is 26.4 Å². The summed E-state index contributed by atoms with van der Waals surface area (Å²) in [6, 6.07) is 0.267. The molecule has 2 atom stereocenters. The summed E-state index contributed by atoms with van der Waals surface area (Å²) in [5, 5.41) is 3.37. The lowest BCUT2D eigenvalue weighted by molar-refractivity contribution is -0.148. The van der Waals surface area contributed by atoms with E-state index in [0.29, 0.717) is 0 Å². The topological polar surface area (TPSA) is 41.6 Å². The fourth-order valence-electron chi connectivity index (χ4n) is 3.02. The molecule has 1 heterocycles. The van der Waals surface area contributed by atoms with Crippen LogP contribution in [0.3, 0.4) is 0 Å². The Bertz CT molecular complexity index is 307. The minimum Gasteiger partial charge on any atom is -0.468 e. The number of nitrogens with zero attached hydrogens (tertiary/aromatic N) is 1. The fourth-order valence-corrected chi connectivity index (χ4v) is 3.02. The molecule has 1 saturated heterocycles. The van der Waals surface area contributed by atoms with Crippen LogP contribution in [-0.4, -0.2) is 49.2 Å². The molecule has 1 rings (SSSR count). The average molecular weight is 284 g/mol. The Morgan fingerprint density at radius 1 is 1.40 bits per heavy atom. The molecule has 1 aliphatic heterocycles. The van der Waals surface area contributed by atoms with Crippen LogP contribution in [0.15, 0.2) is 0 Å². The van der Waals surface area contributed by atoms with Crippen LogP contribution in [0.5, 0.6) is 0 Å². The van der Waals surface area contributed by atoms with Gasteiger partial charge in [0.05, 0.1) is 7.11 Å². The highest BCUT2D eigenvalue weighted by atomic mass is 16.5. The molecular formula is C16H32N2O2. The van der Waals surface area contributed by atoms with Crippen molar-refractivity contribution >= 4 is 5.97 Å². The van der Waals surface area contributed by atoms with Crippen molar-refractivity contribution in [2.45, 2.75) is 65.0 Å². The van der Waals surface area contributed by atoms with Crippen LogP contribution < -0.4 is 5.32 Å². The van der Waals surface area contributed by atoms with Crippen molar-refractivity contribution in [1.82, 2.24) is 10.2 Å². The van der Waals surface area contributed by atoms with Gasteiger partial charge in [-0.1, -0.05) is 6.92 Å². The lowest BCUT2D eigenvalue weighted by Crippen LogP contribution is -2.54. The highest BCUT2D eigenvalue weighted by molar-refractivity contribution is 5.80. The molecule has 4 heteroatoms. The SMILES string of the molecule is COC(=O)C(C)(CCN1CCCC(C)CC1)NC(C)C. The molecule has 4 nitrogen and oxygen atoms in total. The van der Waals surface area contributed by atoms with Gasteiger partial charge in [0.15, 0.2) is 0 Å². The number of likely N-dealkylation sites (tertiary alicyclic amines) is 1. The first-order valence-corrected chi connectivity index (χ1v) is 7.96. The summed E-state index contributed by atoms with van der Waals surface area (Å²) in [4.78, 5) is 14.6. The van der Waals surface area contributed by atoms with Crippen LogP contribution in [0.25, 0.3) is 0 Å². The number of hydrogen-bond acceptors (Lipinski definition) is 4. The molecule has 1 fully saturated rings. The Balaban J connectivity index is 2.55. The number of carbonyl (C=O) groups excluding carboxylic acids is 1. The number of rotatable bonds is 6. The van der Waals surface area contributed by atoms with Gasteiger partial charge in [-0.05, 0) is 65.5 Å². The van der Waals surface area contributed by atoms with E-state index in [9.17, 15) is 4.79 Å². The lowest BCUT2D eigenvalue weighted by Gasteiger charge is -2.32. The molecule has 0 saturated carbocycles. The zero-order chi connectivity index (χ0) is 15.2. The van der Waals surface area contributed by atoms with E-state index in [0.717, 1.165) is 32.0 Å². The van der Waals surface area contributed by atoms with Gasteiger partial charge in [-0.25, -0.2) is 0 Å². The monoisotopic (exact) mass is 284 g/mol. The van der Waals surface area contributed by atoms with Gasteiger partial charge in [-0.15, -0.1) is 0 Å². The molecule has 0 amide bonds. The van der Waals surface area contributed by atoms with Crippen molar-refractivity contribution in [3.8, 4) is 0 Å². The molecule has 1 N–H and O–H groups in total. The second-order valence-electron chi connectivity index (χ2n) is 6.75. The quantitative estimate of drug-likeness (QED) is 0.761. The Labute approximate surface area is 124 Å². The Morgan fingerprint density at radius 3 is 2.70 bits per heavy atom. The van der Waals surface area contributed by atoms with Crippen molar-refractivity contribution in [3.63, 3.8) is 0 Å². The smallest absolute Gasteiger partial charge is 0.325 e. The molecule has 0 radical (unpaired) electrons. The maximum atomic E-state index is 12.1. The van der Waals surface area contributed by atoms with Crippen molar-refractivity contribution in [1.29, 1.82) is 0 Å². The third kappa shape index (κ3) is 5.41. The molecule has 0 spiro atoms. The number of nitrogens with one attached hydrogen (secondary N) is 1. The van der Waals surface area contributed by atoms with Crippen molar-refractivity contribution in [2.75, 3.05) is 26.7 Å². The van der Waals surface area contributed by atoms with Gasteiger partial charge in [0.2, 0.25) is 0 Å². The van der Waals surface area contributed by atoms with Gasteiger partial charge in [-0.3, -0.25) is 10.1 Å². The second-order valence-corrected chi connectivity index (χ2v) is 6.75. The second kappa shape index (κ2) is 7.99. The van der Waals surface area contributed by atoms with Crippen LogP contribution in [0.2, 0.25) is 0 Å². The van der Waals surface area contributed by atoms with E-state index < -0.39 is 5.54 Å². The molecular weight excluding hydrogens is 252 g/mol. The first-order valence-electron chi connectivity index (χ1n) is 7.96. The minimum atomic E-state index is -0.583. The Hall–Kier alpha value is -0.610. The molecule has 0 aromatic rings. The minimum absolute atomic E-state index is 0.158. The Morgan fingerprint density at radius 2 is 2.10 bits per heavy atom. The van der Waals surface area contributed by atoms with Crippen molar-refractivity contribution < 1.29 is 9.53 Å². The number of esters is 1. The number of ether oxygens (including phenoxy) is 1. The third-order valence-electron chi connectivity index (χ3n) is 4.28. The normalized spacial score (nSPS) is 24.2. The highest BCUT2D eigenvalue weighted by Crippen LogP contribution is 2.19. The maximum absolute atomic E-state index is 12.1. The van der Waals surface area contributed by atoms with E-state index in [4.69, 9.17) is 4.74 Å². The van der Waals surface area contributed by atoms with E-state index in [2.05, 4.69) is 31.0 Å². The van der Waals surface area contributed by atoms with Crippen molar-refractivity contribution in [3.05, 3.63) is 0 Å². The molecule has 0 aromatic carbocycles. The van der Waals surface area contributed by atoms with Gasteiger partial charge >= 0.3 is 5.97 Å². The summed E-state index contributed by atoms with van der Waals surface area (Å²) in [5.41, 5.74) is -0.583. The summed E-state index contributed by atoms with van der Waals surface area (Å²) in [5.74, 6) is 0.676. The van der Waals surface area contributed by atoms with Gasteiger partial charge < -0.3 is 9.64 Å². The summed E-state index contributed by atoms with van der Waals surface area (Å²) < 4.78 is 4.98. The first-order chi connectivity index (χ1) is 9.37. The first kappa shape index (κ1) is 17.4. The summed E-state index contributed by atoms with van der Waals surface area (Å²) in [6.07, 6.45) is 4.67. The van der Waals surface area contributed by atoms with Crippen LogP contribution in [0.4, 0.5) is 0 Å². The number of methoxy groups -OCH3 is 1. The maximum Gasteiger partial charge on any atom is 0.325 e. The molecule has 2 unspecified atom stereocenters. The van der Waals surface area contributed by atoms with Gasteiger partial charge in [0.25, 0.3) is 0 Å². The van der Waals surface area contributed by atoms with E-state index in [1.54, 1.807) is 0 Å². The molecule has 0 aromatic heterocycles. The summed E-state index contributed by atoms with van der Waals surface area (Å²) >= 11 is 0. The number of hydrogen-bond donors (Lipinski definition) is 1. The van der Waals surface area contributed by atoms with Crippen LogP contribution in [0.1, 0.15) is 53.4 Å². The molecule has 0 aliphatic carbocycles. The Kier molecular flexibility index (Phi) is 6.96. The van der Waals surface area contributed by atoms with Gasteiger partial charge in [0.1, 0.15) is 5.54 Å². The molecule has 1 aliphatic rings. The number of carbonyl (C=O) groups is 1. The van der Waals surface area contributed by atoms with E-state index >= 15 is 0 Å². The average Bonchev–Trinajstić information content (AvgIpc) is 2.59. The summed E-state index contributed by atoms with van der Waals surface area (Å²) in [7, 11) is 1.47.